The maximum atomic E-state index is 6.34. The molecule has 0 atom stereocenters. The van der Waals surface area contributed by atoms with E-state index in [4.69, 9.17) is 27.1 Å². The molecule has 142 heavy (non-hydrogen) atoms. The fourth-order valence-electron chi connectivity index (χ4n) is 19.3. The summed E-state index contributed by atoms with van der Waals surface area (Å²) in [6.45, 7) is 48.6. The first-order valence-electron chi connectivity index (χ1n) is 49.5. The van der Waals surface area contributed by atoms with E-state index in [1.165, 1.54) is 33.8 Å². The van der Waals surface area contributed by atoms with Gasteiger partial charge in [0.05, 0.1) is 83.5 Å². The van der Waals surface area contributed by atoms with E-state index >= 15 is 0 Å². The molecule has 25 heteroatoms. The van der Waals surface area contributed by atoms with E-state index in [0.717, 1.165) is 223 Å². The first kappa shape index (κ1) is 97.5. The van der Waals surface area contributed by atoms with Gasteiger partial charge in [-0.15, -0.1) is 0 Å². The SMILES string of the molecule is CC.CC.CC.CC.CC.Cc1ccc2c(n1)oc1c(N3CN(C(C)C)c4cccnc43)c(C)ccc12.Cc1ccc2c(n1)oc1c(N3CN(C)c4cccnc43)c(C)ccc12.Cc1ccc2c(n1)oc1c(N3CN(C)c4ncccc43)c(C)ccc12.Cc1ccc2c(n1)oc1c(N3CN(C)c4nccnc43)c(C)ccc12.Cc1ccc2c(n1)oc1c(N3CN(c4ccccc4)c4ccccc43)c(C)ccc12. The molecule has 0 unspecified atom stereocenters. The van der Waals surface area contributed by atoms with Crippen molar-refractivity contribution in [1.82, 2.24) is 49.8 Å². The number of hydrogen-bond acceptors (Lipinski definition) is 25. The van der Waals surface area contributed by atoms with Crippen LogP contribution in [0.1, 0.15) is 139 Å². The number of nitrogens with zero attached hydrogens (tertiary/aromatic N) is 20. The third-order valence-corrected chi connectivity index (χ3v) is 25.7. The predicted molar refractivity (Wildman–Crippen MR) is 589 cm³/mol. The average molecular weight is 1890 g/mol. The third-order valence-electron chi connectivity index (χ3n) is 25.7. The predicted octanol–water partition coefficient (Wildman–Crippen LogP) is 30.3. The highest BCUT2D eigenvalue weighted by atomic mass is 16.4. The molecule has 0 N–H and O–H groups in total. The number of furan rings is 5. The molecule has 5 aliphatic rings. The molecule has 14 aromatic heterocycles. The van der Waals surface area contributed by atoms with Gasteiger partial charge in [0.2, 0.25) is 28.6 Å². The number of anilines is 16. The number of fused-ring (bicyclic) bond motifs is 20. The van der Waals surface area contributed by atoms with E-state index in [1.807, 2.05) is 178 Å². The highest BCUT2D eigenvalue weighted by molar-refractivity contribution is 6.15. The second-order valence-electron chi connectivity index (χ2n) is 35.1. The van der Waals surface area contributed by atoms with Gasteiger partial charge in [0, 0.05) is 146 Å². The molecule has 0 fully saturated rings. The molecule has 21 aromatic rings. The Morgan fingerprint density at radius 2 is 0.500 bits per heavy atom. The van der Waals surface area contributed by atoms with Crippen LogP contribution >= 0.6 is 0 Å². The Morgan fingerprint density at radius 3 is 0.887 bits per heavy atom. The zero-order valence-electron chi connectivity index (χ0n) is 86.2. The number of hydrogen-bond donors (Lipinski definition) is 0. The monoisotopic (exact) mass is 1890 g/mol. The molecule has 0 aliphatic carbocycles. The van der Waals surface area contributed by atoms with Crippen molar-refractivity contribution >= 4 is 202 Å². The lowest BCUT2D eigenvalue weighted by molar-refractivity contribution is 0.649. The lowest BCUT2D eigenvalue weighted by atomic mass is 10.1. The van der Waals surface area contributed by atoms with Crippen LogP contribution in [0.15, 0.2) is 265 Å². The van der Waals surface area contributed by atoms with Crippen LogP contribution in [0.4, 0.5) is 91.7 Å². The van der Waals surface area contributed by atoms with Crippen molar-refractivity contribution in [2.24, 2.45) is 0 Å². The Hall–Kier alpha value is -16.2. The number of aromatic nitrogens is 10. The molecular formula is C117H126N20O5. The molecular weight excluding hydrogens is 1770 g/mol. The first-order valence-corrected chi connectivity index (χ1v) is 49.5. The summed E-state index contributed by atoms with van der Waals surface area (Å²) in [7, 11) is 6.16. The van der Waals surface area contributed by atoms with Crippen molar-refractivity contribution < 1.29 is 22.1 Å². The lowest BCUT2D eigenvalue weighted by Crippen LogP contribution is -2.33. The normalized spacial score (nSPS) is 13.0. The molecule has 19 heterocycles. The summed E-state index contributed by atoms with van der Waals surface area (Å²) in [4.78, 5) is 68.1. The number of benzene rings is 7. The molecule has 5 aliphatic heterocycles. The minimum Gasteiger partial charge on any atom is -0.435 e. The Bertz CT molecular complexity index is 7750. The molecule has 0 spiro atoms. The van der Waals surface area contributed by atoms with E-state index in [-0.39, 0.29) is 0 Å². The Morgan fingerprint density at radius 1 is 0.225 bits per heavy atom. The van der Waals surface area contributed by atoms with E-state index in [2.05, 4.69) is 320 Å². The van der Waals surface area contributed by atoms with Crippen LogP contribution in [0.3, 0.4) is 0 Å². The summed E-state index contributed by atoms with van der Waals surface area (Å²) < 4.78 is 31.2. The quantitative estimate of drug-likeness (QED) is 0.144. The van der Waals surface area contributed by atoms with Crippen molar-refractivity contribution in [2.75, 3.05) is 103 Å². The Labute approximate surface area is 830 Å². The molecule has 0 saturated carbocycles. The van der Waals surface area contributed by atoms with Crippen LogP contribution in [0.2, 0.25) is 0 Å². The smallest absolute Gasteiger partial charge is 0.227 e. The van der Waals surface area contributed by atoms with Gasteiger partial charge in [0.15, 0.2) is 57.0 Å². The number of pyridine rings is 8. The van der Waals surface area contributed by atoms with Crippen molar-refractivity contribution in [3.63, 3.8) is 0 Å². The average Bonchev–Trinajstić information content (AvgIpc) is 1.60. The highest BCUT2D eigenvalue weighted by Crippen LogP contribution is 2.53. The first-order chi connectivity index (χ1) is 69.1. The summed E-state index contributed by atoms with van der Waals surface area (Å²) >= 11 is 0. The summed E-state index contributed by atoms with van der Waals surface area (Å²) in [6.07, 6.45) is 8.98. The van der Waals surface area contributed by atoms with E-state index in [0.29, 0.717) is 41.3 Å². The van der Waals surface area contributed by atoms with Gasteiger partial charge < -0.3 is 71.1 Å². The van der Waals surface area contributed by atoms with Gasteiger partial charge in [-0.1, -0.05) is 160 Å². The van der Waals surface area contributed by atoms with Gasteiger partial charge in [0.1, 0.15) is 6.67 Å². The van der Waals surface area contributed by atoms with Crippen LogP contribution in [0, 0.1) is 69.2 Å². The topological polar surface area (TPSA) is 227 Å². The zero-order valence-corrected chi connectivity index (χ0v) is 86.2. The van der Waals surface area contributed by atoms with Crippen LogP contribution in [-0.4, -0.2) is 110 Å². The van der Waals surface area contributed by atoms with E-state index in [1.54, 1.807) is 12.4 Å². The maximum absolute atomic E-state index is 6.34. The number of para-hydroxylation sites is 3. The van der Waals surface area contributed by atoms with Crippen molar-refractivity contribution in [1.29, 1.82) is 0 Å². The van der Waals surface area contributed by atoms with Gasteiger partial charge in [-0.3, -0.25) is 0 Å². The highest BCUT2D eigenvalue weighted by Gasteiger charge is 2.38. The maximum Gasteiger partial charge on any atom is 0.227 e. The lowest BCUT2D eigenvalue weighted by Gasteiger charge is -2.25. The Kier molecular flexibility index (Phi) is 28.5. The van der Waals surface area contributed by atoms with Crippen LogP contribution in [0.5, 0.6) is 0 Å². The minimum absolute atomic E-state index is 0.387. The van der Waals surface area contributed by atoms with Gasteiger partial charge in [-0.25, -0.2) is 49.8 Å². The molecule has 0 amide bonds. The van der Waals surface area contributed by atoms with Gasteiger partial charge >= 0.3 is 0 Å². The summed E-state index contributed by atoms with van der Waals surface area (Å²) in [5.74, 6) is 4.66. The van der Waals surface area contributed by atoms with E-state index in [9.17, 15) is 0 Å². The summed E-state index contributed by atoms with van der Waals surface area (Å²) in [5, 5.41) is 10.7. The second kappa shape index (κ2) is 41.5. The van der Waals surface area contributed by atoms with Crippen molar-refractivity contribution in [3.8, 4) is 0 Å². The summed E-state index contributed by atoms with van der Waals surface area (Å²) in [6, 6.07) is 73.8. The second-order valence-corrected chi connectivity index (χ2v) is 35.1. The van der Waals surface area contributed by atoms with Gasteiger partial charge in [-0.2, -0.15) is 0 Å². The van der Waals surface area contributed by atoms with Crippen molar-refractivity contribution in [2.45, 2.75) is 158 Å². The number of rotatable bonds is 7. The molecule has 25 nitrogen and oxygen atoms in total. The van der Waals surface area contributed by atoms with Gasteiger partial charge in [0.25, 0.3) is 0 Å². The fourth-order valence-corrected chi connectivity index (χ4v) is 19.3. The van der Waals surface area contributed by atoms with Crippen LogP contribution in [0.25, 0.3) is 110 Å². The van der Waals surface area contributed by atoms with Gasteiger partial charge in [-0.05, 0) is 232 Å². The summed E-state index contributed by atoms with van der Waals surface area (Å²) in [5.41, 5.74) is 30.8. The molecule has 0 bridgehead atoms. The molecule has 0 saturated heterocycles. The molecule has 0 radical (unpaired) electrons. The minimum atomic E-state index is 0.387. The van der Waals surface area contributed by atoms with E-state index < -0.39 is 0 Å². The number of aryl methyl sites for hydroxylation is 10. The fraction of sp³-hybridized carbons (Fsp3) is 0.265. The molecule has 724 valence electrons. The largest absolute Gasteiger partial charge is 0.435 e. The van der Waals surface area contributed by atoms with Crippen LogP contribution in [-0.2, 0) is 0 Å². The molecule has 7 aromatic carbocycles. The third kappa shape index (κ3) is 17.7. The van der Waals surface area contributed by atoms with Crippen molar-refractivity contribution in [3.05, 3.63) is 300 Å². The standard InChI is InChI=1S/C26H21N3O.C22H22N4O.2C20H18N4O.C19H17N5O.5C2H6/c1-17-12-14-20-21-15-13-18(2)27-26(21)30-25(20)24(17)29-16-28(19-8-4-3-5-9-19)22-10-6-7-11-23(22)29;1-13(2)25-12-26(21-18(25)6-5-11-23-21)19-14(3)7-9-16-17-10-8-15(4)24-22(17)27-20(16)19;1-12-6-8-14-15-9-7-13(2)22-20(15)25-18(14)17(12)24-11-23(3)19-16(24)5-4-10-21-19;1-12-6-8-14-15-9-7-13(2)22-20(15)25-18(14)17(12)24-11-23(3)16-5-4-10-21-19(16)24;1-11-4-6-13-14-7-5-12(2)22-19(14)25-16(13)15(11)24-10-23(3)17-18(24)21-9-8-20-17;5*1-2/h3-15H,16H2,1-2H3;5-11,13H,12H2,1-4H3;2*4-10H,11H2,1-3H3;4-9H,10H2,1-3H3;5*1-2H3. The zero-order chi connectivity index (χ0) is 100. The Balaban J connectivity index is 0.000000119. The molecule has 26 rings (SSSR count). The van der Waals surface area contributed by atoms with Crippen LogP contribution < -0.4 is 49.0 Å².